The van der Waals surface area contributed by atoms with Gasteiger partial charge in [0.25, 0.3) is 0 Å². The van der Waals surface area contributed by atoms with E-state index in [9.17, 15) is 4.79 Å². The highest BCUT2D eigenvalue weighted by Gasteiger charge is 2.24. The van der Waals surface area contributed by atoms with Crippen molar-refractivity contribution in [2.75, 3.05) is 79.0 Å². The maximum absolute atomic E-state index is 12.7. The molecular weight excluding hydrogens is 376 g/mol. The number of nitrogens with zero attached hydrogens (tertiary/aromatic N) is 5. The monoisotopic (exact) mass is 420 g/mol. The third-order valence-electron chi connectivity index (χ3n) is 7.19. The first-order valence-corrected chi connectivity index (χ1v) is 12.4. The SMILES string of the molecule is CCN1CCC(CCNC(=NC)N2CCN(CC(=O)N3CCCCCC3)CC2)CC1. The number of hydrogen-bond donors (Lipinski definition) is 1. The van der Waals surface area contributed by atoms with Gasteiger partial charge >= 0.3 is 0 Å². The minimum absolute atomic E-state index is 0.321. The molecule has 3 aliphatic rings. The zero-order valence-corrected chi connectivity index (χ0v) is 19.4. The Kier molecular flexibility index (Phi) is 9.72. The molecule has 0 aromatic rings. The molecule has 7 heteroatoms. The number of likely N-dealkylation sites (tertiary alicyclic amines) is 2. The van der Waals surface area contributed by atoms with Crippen LogP contribution in [0, 0.1) is 5.92 Å². The minimum atomic E-state index is 0.321. The van der Waals surface area contributed by atoms with Gasteiger partial charge in [-0.15, -0.1) is 0 Å². The fourth-order valence-corrected chi connectivity index (χ4v) is 5.04. The van der Waals surface area contributed by atoms with E-state index in [1.807, 2.05) is 7.05 Å². The van der Waals surface area contributed by atoms with Crippen molar-refractivity contribution in [3.63, 3.8) is 0 Å². The summed E-state index contributed by atoms with van der Waals surface area (Å²) in [6.45, 7) is 13.2. The average Bonchev–Trinajstić information content (AvgIpc) is 3.08. The average molecular weight is 421 g/mol. The molecule has 3 rings (SSSR count). The first-order chi connectivity index (χ1) is 14.7. The number of hydrogen-bond acceptors (Lipinski definition) is 4. The summed E-state index contributed by atoms with van der Waals surface area (Å²) in [5, 5.41) is 3.59. The fourth-order valence-electron chi connectivity index (χ4n) is 5.04. The van der Waals surface area contributed by atoms with Crippen molar-refractivity contribution >= 4 is 11.9 Å². The van der Waals surface area contributed by atoms with Gasteiger partial charge in [-0.2, -0.15) is 0 Å². The second-order valence-corrected chi connectivity index (χ2v) is 9.20. The summed E-state index contributed by atoms with van der Waals surface area (Å²) < 4.78 is 0. The van der Waals surface area contributed by atoms with Crippen molar-refractivity contribution in [2.24, 2.45) is 10.9 Å². The number of guanidine groups is 1. The Hall–Kier alpha value is -1.34. The quantitative estimate of drug-likeness (QED) is 0.524. The molecule has 0 saturated carbocycles. The van der Waals surface area contributed by atoms with Crippen LogP contribution in [0.25, 0.3) is 0 Å². The first kappa shape index (κ1) is 23.3. The Morgan fingerprint density at radius 2 is 1.53 bits per heavy atom. The number of piperidine rings is 1. The van der Waals surface area contributed by atoms with Crippen molar-refractivity contribution in [1.82, 2.24) is 24.9 Å². The molecule has 3 heterocycles. The highest BCUT2D eigenvalue weighted by Crippen LogP contribution is 2.19. The molecule has 0 unspecified atom stereocenters. The second-order valence-electron chi connectivity index (χ2n) is 9.20. The molecule has 3 aliphatic heterocycles. The molecular formula is C23H44N6O. The van der Waals surface area contributed by atoms with Gasteiger partial charge in [-0.1, -0.05) is 19.8 Å². The van der Waals surface area contributed by atoms with Crippen LogP contribution in [-0.2, 0) is 4.79 Å². The van der Waals surface area contributed by atoms with Gasteiger partial charge in [-0.05, 0) is 57.7 Å². The highest BCUT2D eigenvalue weighted by molar-refractivity contribution is 5.80. The smallest absolute Gasteiger partial charge is 0.236 e. The van der Waals surface area contributed by atoms with Crippen molar-refractivity contribution in [3.8, 4) is 0 Å². The molecule has 0 radical (unpaired) electrons. The molecule has 1 amide bonds. The van der Waals surface area contributed by atoms with Gasteiger partial charge in [0.05, 0.1) is 6.54 Å². The lowest BCUT2D eigenvalue weighted by Crippen LogP contribution is -2.54. The molecule has 1 N–H and O–H groups in total. The predicted molar refractivity (Wildman–Crippen MR) is 124 cm³/mol. The summed E-state index contributed by atoms with van der Waals surface area (Å²) in [4.78, 5) is 26.5. The lowest BCUT2D eigenvalue weighted by molar-refractivity contribution is -0.132. The van der Waals surface area contributed by atoms with Crippen molar-refractivity contribution in [3.05, 3.63) is 0 Å². The van der Waals surface area contributed by atoms with Crippen LogP contribution in [0.4, 0.5) is 0 Å². The van der Waals surface area contributed by atoms with Crippen LogP contribution in [0.15, 0.2) is 4.99 Å². The van der Waals surface area contributed by atoms with E-state index in [4.69, 9.17) is 0 Å². The largest absolute Gasteiger partial charge is 0.356 e. The van der Waals surface area contributed by atoms with Gasteiger partial charge < -0.3 is 20.0 Å². The van der Waals surface area contributed by atoms with E-state index in [0.717, 1.165) is 57.7 Å². The maximum Gasteiger partial charge on any atom is 0.236 e. The zero-order chi connectivity index (χ0) is 21.2. The first-order valence-electron chi connectivity index (χ1n) is 12.4. The van der Waals surface area contributed by atoms with Gasteiger partial charge in [-0.25, -0.2) is 0 Å². The molecule has 0 atom stereocenters. The van der Waals surface area contributed by atoms with E-state index < -0.39 is 0 Å². The summed E-state index contributed by atoms with van der Waals surface area (Å²) in [6.07, 6.45) is 8.77. The van der Waals surface area contributed by atoms with Crippen LogP contribution in [0.3, 0.4) is 0 Å². The number of amides is 1. The number of rotatable bonds is 6. The number of nitrogens with one attached hydrogen (secondary N) is 1. The number of carbonyl (C=O) groups excluding carboxylic acids is 1. The standard InChI is InChI=1S/C23H44N6O/c1-3-26-14-9-21(10-15-26)8-11-25-23(24-2)29-18-16-27(17-19-29)20-22(30)28-12-6-4-5-7-13-28/h21H,3-20H2,1-2H3,(H,24,25). The van der Waals surface area contributed by atoms with Crippen LogP contribution in [0.5, 0.6) is 0 Å². The van der Waals surface area contributed by atoms with Gasteiger partial charge in [0.1, 0.15) is 0 Å². The number of piperazine rings is 1. The molecule has 3 fully saturated rings. The van der Waals surface area contributed by atoms with E-state index in [1.54, 1.807) is 0 Å². The van der Waals surface area contributed by atoms with E-state index in [2.05, 4.69) is 36.8 Å². The lowest BCUT2D eigenvalue weighted by atomic mass is 9.93. The van der Waals surface area contributed by atoms with Crippen LogP contribution in [0.1, 0.15) is 51.9 Å². The summed E-state index contributed by atoms with van der Waals surface area (Å²) in [5.41, 5.74) is 0. The predicted octanol–water partition coefficient (Wildman–Crippen LogP) is 1.70. The molecule has 0 aromatic heterocycles. The summed E-state index contributed by atoms with van der Waals surface area (Å²) in [7, 11) is 1.89. The molecule has 172 valence electrons. The summed E-state index contributed by atoms with van der Waals surface area (Å²) in [6, 6.07) is 0. The molecule has 30 heavy (non-hydrogen) atoms. The normalized spacial score (nSPS) is 23.5. The van der Waals surface area contributed by atoms with Gasteiger partial charge in [0.15, 0.2) is 5.96 Å². The van der Waals surface area contributed by atoms with Crippen molar-refractivity contribution in [1.29, 1.82) is 0 Å². The Bertz CT molecular complexity index is 530. The zero-order valence-electron chi connectivity index (χ0n) is 19.4. The molecule has 0 bridgehead atoms. The van der Waals surface area contributed by atoms with Gasteiger partial charge in [-0.3, -0.25) is 14.7 Å². The summed E-state index contributed by atoms with van der Waals surface area (Å²) in [5.74, 6) is 2.20. The molecule has 0 aliphatic carbocycles. The summed E-state index contributed by atoms with van der Waals surface area (Å²) >= 11 is 0. The Morgan fingerprint density at radius 1 is 0.867 bits per heavy atom. The number of aliphatic imine (C=N–C) groups is 1. The highest BCUT2D eigenvalue weighted by atomic mass is 16.2. The molecule has 0 spiro atoms. The Balaban J connectivity index is 1.33. The third-order valence-corrected chi connectivity index (χ3v) is 7.19. The Labute approximate surface area is 183 Å². The van der Waals surface area contributed by atoms with E-state index in [1.165, 1.54) is 64.6 Å². The van der Waals surface area contributed by atoms with Crippen LogP contribution >= 0.6 is 0 Å². The van der Waals surface area contributed by atoms with Gasteiger partial charge in [0, 0.05) is 52.9 Å². The fraction of sp³-hybridized carbons (Fsp3) is 0.913. The minimum Gasteiger partial charge on any atom is -0.356 e. The van der Waals surface area contributed by atoms with Crippen molar-refractivity contribution < 1.29 is 4.79 Å². The third kappa shape index (κ3) is 7.12. The van der Waals surface area contributed by atoms with E-state index in [-0.39, 0.29) is 0 Å². The Morgan fingerprint density at radius 3 is 2.13 bits per heavy atom. The topological polar surface area (TPSA) is 54.4 Å². The lowest BCUT2D eigenvalue weighted by Gasteiger charge is -2.37. The van der Waals surface area contributed by atoms with Crippen LogP contribution in [0.2, 0.25) is 0 Å². The van der Waals surface area contributed by atoms with Crippen LogP contribution < -0.4 is 5.32 Å². The molecule has 0 aromatic carbocycles. The van der Waals surface area contributed by atoms with Gasteiger partial charge in [0.2, 0.25) is 5.91 Å². The van der Waals surface area contributed by atoms with E-state index >= 15 is 0 Å². The maximum atomic E-state index is 12.7. The van der Waals surface area contributed by atoms with E-state index in [0.29, 0.717) is 12.5 Å². The van der Waals surface area contributed by atoms with Crippen LogP contribution in [-0.4, -0.2) is 111 Å². The molecule has 7 nitrogen and oxygen atoms in total. The second kappa shape index (κ2) is 12.5. The van der Waals surface area contributed by atoms with Crippen molar-refractivity contribution in [2.45, 2.75) is 51.9 Å². The number of carbonyl (C=O) groups is 1. The molecule has 3 saturated heterocycles.